The van der Waals surface area contributed by atoms with Crippen LogP contribution in [0, 0.1) is 0 Å². The highest BCUT2D eigenvalue weighted by molar-refractivity contribution is 6.75. The molecule has 0 unspecified atom stereocenters. The molecule has 0 heterocycles. The third-order valence-corrected chi connectivity index (χ3v) is 2.86. The smallest absolute Gasteiger partial charge is 0.364 e. The lowest BCUT2D eigenvalue weighted by Crippen LogP contribution is -2.25. The van der Waals surface area contributed by atoms with Crippen molar-refractivity contribution in [3.63, 3.8) is 0 Å². The summed E-state index contributed by atoms with van der Waals surface area (Å²) in [6, 6.07) is 2.60. The third-order valence-electron chi connectivity index (χ3n) is 1.83. The summed E-state index contributed by atoms with van der Waals surface area (Å²) in [6.07, 6.45) is 0. The van der Waals surface area contributed by atoms with Crippen LogP contribution >= 0.6 is 58.0 Å². The van der Waals surface area contributed by atoms with Gasteiger partial charge in [-0.3, -0.25) is 4.79 Å². The fourth-order valence-corrected chi connectivity index (χ4v) is 1.69. The molecule has 1 aromatic rings. The van der Waals surface area contributed by atoms with Crippen LogP contribution in [0.5, 0.6) is 5.75 Å². The van der Waals surface area contributed by atoms with E-state index in [0.717, 1.165) is 0 Å². The van der Waals surface area contributed by atoms with Gasteiger partial charge in [0.2, 0.25) is 0 Å². The molecule has 0 saturated carbocycles. The number of rotatable bonds is 2. The van der Waals surface area contributed by atoms with Gasteiger partial charge in [-0.1, -0.05) is 58.0 Å². The highest BCUT2D eigenvalue weighted by atomic mass is 35.6. The van der Waals surface area contributed by atoms with Crippen LogP contribution in [0.1, 0.15) is 17.3 Å². The molecule has 18 heavy (non-hydrogen) atoms. The van der Waals surface area contributed by atoms with E-state index in [4.69, 9.17) is 62.7 Å². The highest BCUT2D eigenvalue weighted by Crippen LogP contribution is 2.37. The number of carbonyl (C=O) groups excluding carboxylic acids is 2. The zero-order chi connectivity index (χ0) is 14.1. The maximum atomic E-state index is 11.4. The zero-order valence-corrected chi connectivity index (χ0v) is 12.5. The molecule has 3 nitrogen and oxygen atoms in total. The Bertz CT molecular complexity index is 484. The van der Waals surface area contributed by atoms with Crippen molar-refractivity contribution in [2.45, 2.75) is 10.7 Å². The molecule has 0 aromatic heterocycles. The first kappa shape index (κ1) is 15.9. The molecular weight excluding hydrogens is 345 g/mol. The van der Waals surface area contributed by atoms with E-state index in [9.17, 15) is 9.59 Å². The minimum Gasteiger partial charge on any atom is -0.420 e. The van der Waals surface area contributed by atoms with E-state index < -0.39 is 9.76 Å². The number of carbonyl (C=O) groups is 2. The molecule has 0 amide bonds. The molecule has 0 aliphatic heterocycles. The normalized spacial score (nSPS) is 11.2. The SMILES string of the molecule is CC(=O)c1cc(Cl)c(OC(=O)C(Cl)(Cl)Cl)c(Cl)c1. The summed E-state index contributed by atoms with van der Waals surface area (Å²) in [5, 5.41) is -0.0643. The monoisotopic (exact) mass is 348 g/mol. The summed E-state index contributed by atoms with van der Waals surface area (Å²) in [5.41, 5.74) is 0.277. The Morgan fingerprint density at radius 2 is 1.56 bits per heavy atom. The minimum atomic E-state index is -2.24. The molecule has 8 heteroatoms. The lowest BCUT2D eigenvalue weighted by Gasteiger charge is -2.13. The molecule has 1 aromatic carbocycles. The van der Waals surface area contributed by atoms with Crippen molar-refractivity contribution < 1.29 is 14.3 Å². The number of ether oxygens (including phenoxy) is 1. The lowest BCUT2D eigenvalue weighted by molar-refractivity contribution is -0.133. The van der Waals surface area contributed by atoms with Crippen LogP contribution in [0.3, 0.4) is 0 Å². The minimum absolute atomic E-state index is 0.0321. The van der Waals surface area contributed by atoms with Gasteiger partial charge in [-0.15, -0.1) is 0 Å². The number of alkyl halides is 3. The van der Waals surface area contributed by atoms with Crippen molar-refractivity contribution in [1.29, 1.82) is 0 Å². The summed E-state index contributed by atoms with van der Waals surface area (Å²) in [4.78, 5) is 22.5. The lowest BCUT2D eigenvalue weighted by atomic mass is 10.1. The van der Waals surface area contributed by atoms with E-state index in [1.807, 2.05) is 0 Å². The summed E-state index contributed by atoms with van der Waals surface area (Å²) in [5.74, 6) is -1.55. The quantitative estimate of drug-likeness (QED) is 0.342. The van der Waals surface area contributed by atoms with E-state index in [1.54, 1.807) is 0 Å². The number of hydrogen-bond acceptors (Lipinski definition) is 3. The van der Waals surface area contributed by atoms with Gasteiger partial charge < -0.3 is 4.74 Å². The summed E-state index contributed by atoms with van der Waals surface area (Å²) >= 11 is 27.7. The van der Waals surface area contributed by atoms with E-state index in [0.29, 0.717) is 0 Å². The second kappa shape index (κ2) is 5.85. The Balaban J connectivity index is 3.12. The van der Waals surface area contributed by atoms with E-state index in [-0.39, 0.29) is 27.1 Å². The van der Waals surface area contributed by atoms with E-state index in [1.165, 1.54) is 19.1 Å². The van der Waals surface area contributed by atoms with Gasteiger partial charge in [-0.05, 0) is 19.1 Å². The molecule has 98 valence electrons. The number of halogens is 5. The van der Waals surface area contributed by atoms with Crippen molar-refractivity contribution >= 4 is 69.8 Å². The average Bonchev–Trinajstić information content (AvgIpc) is 2.21. The number of ketones is 1. The second-order valence-electron chi connectivity index (χ2n) is 3.21. The Kier molecular flexibility index (Phi) is 5.15. The van der Waals surface area contributed by atoms with Crippen molar-refractivity contribution in [3.8, 4) is 5.75 Å². The summed E-state index contributed by atoms with van der Waals surface area (Å²) < 4.78 is 2.52. The van der Waals surface area contributed by atoms with E-state index >= 15 is 0 Å². The van der Waals surface area contributed by atoms with Gasteiger partial charge >= 0.3 is 5.97 Å². The Morgan fingerprint density at radius 3 is 1.89 bits per heavy atom. The summed E-state index contributed by atoms with van der Waals surface area (Å²) in [6.45, 7) is 1.34. The molecule has 1 rings (SSSR count). The Hall–Kier alpha value is -0.190. The van der Waals surface area contributed by atoms with Crippen molar-refractivity contribution in [3.05, 3.63) is 27.7 Å². The molecule has 0 aliphatic carbocycles. The van der Waals surface area contributed by atoms with Crippen molar-refractivity contribution in [2.75, 3.05) is 0 Å². The van der Waals surface area contributed by atoms with Gasteiger partial charge in [0.25, 0.3) is 3.79 Å². The van der Waals surface area contributed by atoms with Gasteiger partial charge in [0, 0.05) is 5.56 Å². The van der Waals surface area contributed by atoms with Crippen LogP contribution in [-0.4, -0.2) is 15.5 Å². The van der Waals surface area contributed by atoms with Crippen LogP contribution in [0.4, 0.5) is 0 Å². The maximum Gasteiger partial charge on any atom is 0.364 e. The predicted octanol–water partition coefficient (Wildman–Crippen LogP) is 4.47. The van der Waals surface area contributed by atoms with Gasteiger partial charge in [-0.25, -0.2) is 4.79 Å². The fourth-order valence-electron chi connectivity index (χ4n) is 1.01. The summed E-state index contributed by atoms with van der Waals surface area (Å²) in [7, 11) is 0. The van der Waals surface area contributed by atoms with Crippen molar-refractivity contribution in [1.82, 2.24) is 0 Å². The third kappa shape index (κ3) is 3.90. The first-order chi connectivity index (χ1) is 8.12. The molecule has 0 radical (unpaired) electrons. The van der Waals surface area contributed by atoms with E-state index in [2.05, 4.69) is 0 Å². The van der Waals surface area contributed by atoms with Gasteiger partial charge in [0.15, 0.2) is 11.5 Å². The maximum absolute atomic E-state index is 11.4. The van der Waals surface area contributed by atoms with Crippen LogP contribution < -0.4 is 4.74 Å². The van der Waals surface area contributed by atoms with Gasteiger partial charge in [-0.2, -0.15) is 0 Å². The first-order valence-electron chi connectivity index (χ1n) is 4.42. The van der Waals surface area contributed by atoms with Gasteiger partial charge in [0.1, 0.15) is 0 Å². The molecular formula is C10H5Cl5O3. The van der Waals surface area contributed by atoms with Crippen LogP contribution in [0.2, 0.25) is 10.0 Å². The molecule has 0 spiro atoms. The van der Waals surface area contributed by atoms with Gasteiger partial charge in [0.05, 0.1) is 10.0 Å². The molecule has 0 N–H and O–H groups in total. The van der Waals surface area contributed by atoms with Crippen LogP contribution in [0.25, 0.3) is 0 Å². The molecule has 0 aliphatic rings. The average molecular weight is 350 g/mol. The number of Topliss-reactive ketones (excluding diaryl/α,β-unsaturated/α-hetero) is 1. The topological polar surface area (TPSA) is 43.4 Å². The zero-order valence-electron chi connectivity index (χ0n) is 8.77. The predicted molar refractivity (Wildman–Crippen MR) is 72.4 cm³/mol. The van der Waals surface area contributed by atoms with Crippen molar-refractivity contribution in [2.24, 2.45) is 0 Å². The first-order valence-corrected chi connectivity index (χ1v) is 6.31. The number of hydrogen-bond donors (Lipinski definition) is 0. The Morgan fingerprint density at radius 1 is 1.11 bits per heavy atom. The molecule has 0 bridgehead atoms. The molecule has 0 fully saturated rings. The number of esters is 1. The molecule has 0 atom stereocenters. The Labute approximate surface area is 128 Å². The standard InChI is InChI=1S/C10H5Cl5O3/c1-4(16)5-2-6(11)8(7(12)3-5)18-9(17)10(13,14)15/h2-3H,1H3. The largest absolute Gasteiger partial charge is 0.420 e. The molecule has 0 saturated heterocycles. The van der Waals surface area contributed by atoms with Crippen LogP contribution in [-0.2, 0) is 4.79 Å². The number of benzene rings is 1. The fraction of sp³-hybridized carbons (Fsp3) is 0.200. The van der Waals surface area contributed by atoms with Crippen LogP contribution in [0.15, 0.2) is 12.1 Å². The second-order valence-corrected chi connectivity index (χ2v) is 6.31. The highest BCUT2D eigenvalue weighted by Gasteiger charge is 2.34.